The number of hydrogen-bond donors (Lipinski definition) is 2. The number of carboxylic acid groups (broad SMARTS) is 1. The highest BCUT2D eigenvalue weighted by molar-refractivity contribution is 6.34. The topological polar surface area (TPSA) is 87.1 Å². The van der Waals surface area contributed by atoms with Crippen LogP contribution in [0.2, 0.25) is 5.02 Å². The maximum absolute atomic E-state index is 10.7. The number of nitriles is 1. The van der Waals surface area contributed by atoms with Crippen LogP contribution in [0.1, 0.15) is 15.9 Å². The Bertz CT molecular complexity index is 409. The van der Waals surface area contributed by atoms with Gasteiger partial charge in [-0.2, -0.15) is 5.26 Å². The molecule has 0 amide bonds. The Kier molecular flexibility index (Phi) is 2.40. The quantitative estimate of drug-likeness (QED) is 0.667. The second-order valence-electron chi connectivity index (χ2n) is 2.30. The summed E-state index contributed by atoms with van der Waals surface area (Å²) in [6.45, 7) is 0. The number of aromatic carboxylic acids is 1. The maximum atomic E-state index is 10.7. The molecule has 0 heterocycles. The van der Waals surface area contributed by atoms with Gasteiger partial charge in [0.2, 0.25) is 0 Å². The highest BCUT2D eigenvalue weighted by atomic mass is 35.5. The van der Waals surface area contributed by atoms with E-state index < -0.39 is 5.97 Å². The smallest absolute Gasteiger partial charge is 0.338 e. The molecule has 0 aliphatic carbocycles. The van der Waals surface area contributed by atoms with Crippen LogP contribution in [-0.4, -0.2) is 11.1 Å². The van der Waals surface area contributed by atoms with Gasteiger partial charge in [0, 0.05) is 0 Å². The zero-order chi connectivity index (χ0) is 10.0. The summed E-state index contributed by atoms with van der Waals surface area (Å²) in [5.41, 5.74) is 5.17. The highest BCUT2D eigenvalue weighted by Gasteiger charge is 2.16. The number of nitrogen functional groups attached to an aromatic ring is 1. The number of anilines is 1. The molecule has 0 aliphatic rings. The number of carboxylic acids is 1. The number of nitrogens with zero attached hydrogens (tertiary/aromatic N) is 1. The van der Waals surface area contributed by atoms with Gasteiger partial charge >= 0.3 is 5.97 Å². The predicted molar refractivity (Wildman–Crippen MR) is 47.5 cm³/mol. The summed E-state index contributed by atoms with van der Waals surface area (Å²) in [6, 6.07) is 4.44. The van der Waals surface area contributed by atoms with Crippen molar-refractivity contribution in [3.8, 4) is 6.07 Å². The molecular formula is C8H5ClN2O2. The number of hydrogen-bond acceptors (Lipinski definition) is 3. The lowest BCUT2D eigenvalue weighted by Crippen LogP contribution is -2.04. The molecule has 66 valence electrons. The number of benzene rings is 1. The van der Waals surface area contributed by atoms with Gasteiger partial charge in [-0.05, 0) is 12.1 Å². The van der Waals surface area contributed by atoms with Crippen molar-refractivity contribution in [2.75, 3.05) is 5.73 Å². The summed E-state index contributed by atoms with van der Waals surface area (Å²) in [6.07, 6.45) is 0. The molecule has 1 aromatic carbocycles. The number of rotatable bonds is 1. The lowest BCUT2D eigenvalue weighted by atomic mass is 10.1. The molecule has 3 N–H and O–H groups in total. The van der Waals surface area contributed by atoms with Crippen LogP contribution < -0.4 is 5.73 Å². The molecule has 1 aromatic rings. The van der Waals surface area contributed by atoms with Crippen molar-refractivity contribution < 1.29 is 9.90 Å². The van der Waals surface area contributed by atoms with E-state index in [2.05, 4.69) is 0 Å². The molecule has 0 saturated heterocycles. The minimum Gasteiger partial charge on any atom is -0.478 e. The number of halogens is 1. The predicted octanol–water partition coefficient (Wildman–Crippen LogP) is 1.49. The van der Waals surface area contributed by atoms with Gasteiger partial charge in [0.25, 0.3) is 0 Å². The molecule has 0 aromatic heterocycles. The van der Waals surface area contributed by atoms with E-state index in [1.54, 1.807) is 6.07 Å². The molecule has 5 heteroatoms. The third-order valence-corrected chi connectivity index (χ3v) is 1.83. The third-order valence-electron chi connectivity index (χ3n) is 1.51. The van der Waals surface area contributed by atoms with Crippen LogP contribution in [0.3, 0.4) is 0 Å². The zero-order valence-electron chi connectivity index (χ0n) is 6.41. The van der Waals surface area contributed by atoms with Crippen LogP contribution in [-0.2, 0) is 0 Å². The molecule has 0 bridgehead atoms. The molecule has 13 heavy (non-hydrogen) atoms. The lowest BCUT2D eigenvalue weighted by molar-refractivity contribution is 0.0697. The summed E-state index contributed by atoms with van der Waals surface area (Å²) in [4.78, 5) is 10.7. The summed E-state index contributed by atoms with van der Waals surface area (Å²) >= 11 is 5.59. The summed E-state index contributed by atoms with van der Waals surface area (Å²) in [5.74, 6) is -1.26. The summed E-state index contributed by atoms with van der Waals surface area (Å²) in [7, 11) is 0. The Morgan fingerprint density at radius 3 is 2.62 bits per heavy atom. The fourth-order valence-electron chi connectivity index (χ4n) is 0.923. The van der Waals surface area contributed by atoms with Crippen molar-refractivity contribution in [1.82, 2.24) is 0 Å². The van der Waals surface area contributed by atoms with Crippen LogP contribution in [0, 0.1) is 11.3 Å². The fraction of sp³-hybridized carbons (Fsp3) is 0. The van der Waals surface area contributed by atoms with Crippen LogP contribution in [0.15, 0.2) is 12.1 Å². The lowest BCUT2D eigenvalue weighted by Gasteiger charge is -2.03. The first kappa shape index (κ1) is 9.36. The van der Waals surface area contributed by atoms with Crippen molar-refractivity contribution in [2.24, 2.45) is 0 Å². The maximum Gasteiger partial charge on any atom is 0.338 e. The largest absolute Gasteiger partial charge is 0.478 e. The standard InChI is InChI=1S/C8H5ClN2O2/c9-5-1-2-6(11)4(3-10)7(5)8(12)13/h1-2H,11H2,(H,12,13). The Hall–Kier alpha value is -1.73. The monoisotopic (exact) mass is 196 g/mol. The van der Waals surface area contributed by atoms with Crippen LogP contribution in [0.5, 0.6) is 0 Å². The van der Waals surface area contributed by atoms with Gasteiger partial charge in [-0.1, -0.05) is 11.6 Å². The Labute approximate surface area is 79.2 Å². The van der Waals surface area contributed by atoms with E-state index in [4.69, 9.17) is 27.7 Å². The van der Waals surface area contributed by atoms with E-state index in [-0.39, 0.29) is 21.8 Å². The van der Waals surface area contributed by atoms with E-state index in [1.807, 2.05) is 0 Å². The highest BCUT2D eigenvalue weighted by Crippen LogP contribution is 2.24. The normalized spacial score (nSPS) is 9.23. The molecule has 4 nitrogen and oxygen atoms in total. The molecule has 0 spiro atoms. The molecule has 0 saturated carbocycles. The Balaban J connectivity index is 3.55. The molecule has 0 radical (unpaired) electrons. The molecule has 0 unspecified atom stereocenters. The van der Waals surface area contributed by atoms with E-state index in [0.29, 0.717) is 0 Å². The van der Waals surface area contributed by atoms with E-state index in [1.165, 1.54) is 12.1 Å². The van der Waals surface area contributed by atoms with Gasteiger partial charge in [0.05, 0.1) is 21.8 Å². The van der Waals surface area contributed by atoms with Crippen molar-refractivity contribution in [3.05, 3.63) is 28.3 Å². The SMILES string of the molecule is N#Cc1c(N)ccc(Cl)c1C(=O)O. The first-order valence-electron chi connectivity index (χ1n) is 3.29. The van der Waals surface area contributed by atoms with Gasteiger partial charge in [-0.15, -0.1) is 0 Å². The number of nitrogens with two attached hydrogens (primary N) is 1. The van der Waals surface area contributed by atoms with E-state index in [0.717, 1.165) is 0 Å². The molecule has 0 atom stereocenters. The van der Waals surface area contributed by atoms with Crippen molar-refractivity contribution in [3.63, 3.8) is 0 Å². The van der Waals surface area contributed by atoms with Gasteiger partial charge in [-0.3, -0.25) is 0 Å². The molecule has 1 rings (SSSR count). The minimum absolute atomic E-state index is 0.0123. The molecule has 0 fully saturated rings. The van der Waals surface area contributed by atoms with Crippen molar-refractivity contribution >= 4 is 23.3 Å². The van der Waals surface area contributed by atoms with Crippen LogP contribution in [0.25, 0.3) is 0 Å². The summed E-state index contributed by atoms with van der Waals surface area (Å²) in [5, 5.41) is 17.3. The average molecular weight is 197 g/mol. The minimum atomic E-state index is -1.26. The second kappa shape index (κ2) is 3.33. The van der Waals surface area contributed by atoms with Crippen molar-refractivity contribution in [1.29, 1.82) is 5.26 Å². The number of carbonyl (C=O) groups is 1. The van der Waals surface area contributed by atoms with Gasteiger partial charge in [0.15, 0.2) is 0 Å². The van der Waals surface area contributed by atoms with Crippen LogP contribution in [0.4, 0.5) is 5.69 Å². The van der Waals surface area contributed by atoms with E-state index in [9.17, 15) is 4.79 Å². The van der Waals surface area contributed by atoms with Gasteiger partial charge < -0.3 is 10.8 Å². The first-order valence-corrected chi connectivity index (χ1v) is 3.67. The van der Waals surface area contributed by atoms with E-state index >= 15 is 0 Å². The second-order valence-corrected chi connectivity index (χ2v) is 2.71. The van der Waals surface area contributed by atoms with Gasteiger partial charge in [-0.25, -0.2) is 4.79 Å². The van der Waals surface area contributed by atoms with Crippen molar-refractivity contribution in [2.45, 2.75) is 0 Å². The Morgan fingerprint density at radius 2 is 2.23 bits per heavy atom. The first-order chi connectivity index (χ1) is 6.07. The molecular weight excluding hydrogens is 192 g/mol. The molecule has 0 aliphatic heterocycles. The Morgan fingerprint density at radius 1 is 1.62 bits per heavy atom. The van der Waals surface area contributed by atoms with Gasteiger partial charge in [0.1, 0.15) is 6.07 Å². The summed E-state index contributed by atoms with van der Waals surface area (Å²) < 4.78 is 0. The fourth-order valence-corrected chi connectivity index (χ4v) is 1.16. The zero-order valence-corrected chi connectivity index (χ0v) is 7.17. The van der Waals surface area contributed by atoms with Crippen LogP contribution >= 0.6 is 11.6 Å². The third kappa shape index (κ3) is 1.55. The average Bonchev–Trinajstić information content (AvgIpc) is 2.07.